The smallest absolute Gasteiger partial charge is 0.412 e. The predicted octanol–water partition coefficient (Wildman–Crippen LogP) is 3.58. The van der Waals surface area contributed by atoms with Gasteiger partial charge in [0.1, 0.15) is 18.5 Å². The lowest BCUT2D eigenvalue weighted by atomic mass is 9.94. The first-order valence-electron chi connectivity index (χ1n) is 10.5. The number of benzene rings is 2. The van der Waals surface area contributed by atoms with Crippen molar-refractivity contribution in [1.29, 1.82) is 0 Å². The summed E-state index contributed by atoms with van der Waals surface area (Å²) in [6, 6.07) is 12.2. The summed E-state index contributed by atoms with van der Waals surface area (Å²) in [5, 5.41) is 11.8. The molecule has 0 aliphatic carbocycles. The number of hydrogen-bond donors (Lipinski definition) is 3. The number of aliphatic hydroxyl groups excluding tert-OH is 1. The van der Waals surface area contributed by atoms with Gasteiger partial charge < -0.3 is 28.8 Å². The third-order valence-electron chi connectivity index (χ3n) is 4.91. The fraction of sp³-hybridized carbons (Fsp3) is 0.391. The zero-order chi connectivity index (χ0) is 23.6. The number of aliphatic hydroxyl groups is 1. The molecular weight excluding hydrogens is 450 g/mol. The molecule has 3 rings (SSSR count). The van der Waals surface area contributed by atoms with Crippen LogP contribution >= 0.6 is 12.6 Å². The van der Waals surface area contributed by atoms with E-state index >= 15 is 0 Å². The standard InChI is InChI=1S/C23H27NO8S/c1-15(8-10-29-21(26)13-33)22(17-4-2-3-5-18(17)28-11-9-25)32-23(27)24-16-6-7-19-20(12-16)31-14-30-19/h2-7,12,15,22,25,33H,8-11,13-14H2,1H3,(H,24,27)/t15-,22-/m0/s1. The number of amides is 1. The predicted molar refractivity (Wildman–Crippen MR) is 123 cm³/mol. The molecule has 1 heterocycles. The van der Waals surface area contributed by atoms with Crippen molar-refractivity contribution in [2.45, 2.75) is 19.4 Å². The number of para-hydroxylation sites is 1. The first-order chi connectivity index (χ1) is 16.0. The molecule has 2 aromatic carbocycles. The minimum absolute atomic E-state index is 0.00984. The third-order valence-corrected chi connectivity index (χ3v) is 5.17. The van der Waals surface area contributed by atoms with Gasteiger partial charge in [0, 0.05) is 23.2 Å². The number of hydrogen-bond acceptors (Lipinski definition) is 9. The molecule has 1 aliphatic heterocycles. The van der Waals surface area contributed by atoms with Gasteiger partial charge in [-0.05, 0) is 24.6 Å². The van der Waals surface area contributed by atoms with Gasteiger partial charge in [0.15, 0.2) is 11.5 Å². The van der Waals surface area contributed by atoms with Crippen LogP contribution < -0.4 is 19.5 Å². The Morgan fingerprint density at radius 1 is 1.15 bits per heavy atom. The number of nitrogens with one attached hydrogen (secondary N) is 1. The normalized spacial score (nSPS) is 13.7. The van der Waals surface area contributed by atoms with Crippen LogP contribution in [0.3, 0.4) is 0 Å². The van der Waals surface area contributed by atoms with Crippen LogP contribution in [-0.2, 0) is 14.3 Å². The topological polar surface area (TPSA) is 113 Å². The van der Waals surface area contributed by atoms with Gasteiger partial charge in [0.05, 0.1) is 19.0 Å². The van der Waals surface area contributed by atoms with Crippen molar-refractivity contribution in [1.82, 2.24) is 0 Å². The molecule has 0 spiro atoms. The largest absolute Gasteiger partial charge is 0.491 e. The van der Waals surface area contributed by atoms with Gasteiger partial charge in [-0.2, -0.15) is 12.6 Å². The maximum atomic E-state index is 12.8. The van der Waals surface area contributed by atoms with E-state index in [9.17, 15) is 9.59 Å². The lowest BCUT2D eigenvalue weighted by Gasteiger charge is -2.26. The van der Waals surface area contributed by atoms with E-state index in [-0.39, 0.29) is 38.3 Å². The second kappa shape index (κ2) is 12.2. The quantitative estimate of drug-likeness (QED) is 0.333. The summed E-state index contributed by atoms with van der Waals surface area (Å²) in [6.45, 7) is 2.12. The monoisotopic (exact) mass is 477 g/mol. The van der Waals surface area contributed by atoms with Gasteiger partial charge in [-0.3, -0.25) is 10.1 Å². The summed E-state index contributed by atoms with van der Waals surface area (Å²) in [4.78, 5) is 24.2. The number of anilines is 1. The highest BCUT2D eigenvalue weighted by molar-refractivity contribution is 7.81. The van der Waals surface area contributed by atoms with Gasteiger partial charge in [0.25, 0.3) is 0 Å². The molecule has 0 aromatic heterocycles. The molecule has 2 atom stereocenters. The van der Waals surface area contributed by atoms with Crippen LogP contribution in [0.25, 0.3) is 0 Å². The molecular formula is C23H27NO8S. The summed E-state index contributed by atoms with van der Waals surface area (Å²) >= 11 is 3.90. The van der Waals surface area contributed by atoms with E-state index in [0.29, 0.717) is 34.9 Å². The Morgan fingerprint density at radius 2 is 1.94 bits per heavy atom. The van der Waals surface area contributed by atoms with Gasteiger partial charge in [-0.1, -0.05) is 25.1 Å². The maximum absolute atomic E-state index is 12.8. The fourth-order valence-corrected chi connectivity index (χ4v) is 3.37. The summed E-state index contributed by atoms with van der Waals surface area (Å²) in [7, 11) is 0. The Kier molecular flexibility index (Phi) is 9.08. The van der Waals surface area contributed by atoms with Crippen LogP contribution in [0.15, 0.2) is 42.5 Å². The summed E-state index contributed by atoms with van der Waals surface area (Å²) < 4.78 is 27.2. The Hall–Kier alpha value is -3.11. The van der Waals surface area contributed by atoms with Crippen molar-refractivity contribution < 1.29 is 38.4 Å². The Bertz CT molecular complexity index is 954. The lowest BCUT2D eigenvalue weighted by Crippen LogP contribution is -2.24. The lowest BCUT2D eigenvalue weighted by molar-refractivity contribution is -0.141. The van der Waals surface area contributed by atoms with Gasteiger partial charge in [-0.25, -0.2) is 4.79 Å². The summed E-state index contributed by atoms with van der Waals surface area (Å²) in [5.74, 6) is 0.975. The molecule has 2 aromatic rings. The molecule has 0 fully saturated rings. The Morgan fingerprint density at radius 3 is 2.73 bits per heavy atom. The number of carbonyl (C=O) groups excluding carboxylic acids is 2. The molecule has 0 saturated heterocycles. The molecule has 0 bridgehead atoms. The van der Waals surface area contributed by atoms with Crippen LogP contribution in [0.5, 0.6) is 17.2 Å². The minimum Gasteiger partial charge on any atom is -0.491 e. The molecule has 33 heavy (non-hydrogen) atoms. The van der Waals surface area contributed by atoms with E-state index in [1.807, 2.05) is 6.92 Å². The molecule has 2 N–H and O–H groups in total. The highest BCUT2D eigenvalue weighted by Gasteiger charge is 2.27. The van der Waals surface area contributed by atoms with Crippen LogP contribution in [0, 0.1) is 5.92 Å². The number of esters is 1. The zero-order valence-electron chi connectivity index (χ0n) is 18.2. The van der Waals surface area contributed by atoms with E-state index in [4.69, 9.17) is 28.8 Å². The van der Waals surface area contributed by atoms with Crippen LogP contribution in [0.4, 0.5) is 10.5 Å². The molecule has 0 unspecified atom stereocenters. The molecule has 0 radical (unpaired) electrons. The van der Waals surface area contributed by atoms with Crippen molar-refractivity contribution in [2.75, 3.05) is 37.7 Å². The average molecular weight is 478 g/mol. The first-order valence-corrected chi connectivity index (χ1v) is 11.1. The van der Waals surface area contributed by atoms with E-state index in [1.165, 1.54) is 0 Å². The molecule has 10 heteroatoms. The zero-order valence-corrected chi connectivity index (χ0v) is 19.1. The van der Waals surface area contributed by atoms with Gasteiger partial charge in [0.2, 0.25) is 6.79 Å². The van der Waals surface area contributed by atoms with Crippen LogP contribution in [-0.4, -0.2) is 49.5 Å². The number of thiol groups is 1. The average Bonchev–Trinajstić information content (AvgIpc) is 3.29. The Labute approximate surface area is 197 Å². The SMILES string of the molecule is C[C@@H](CCOC(=O)CS)[C@H](OC(=O)Nc1ccc2c(c1)OCO2)c1ccccc1OCCO. The van der Waals surface area contributed by atoms with Gasteiger partial charge in [-0.15, -0.1) is 0 Å². The molecule has 1 aliphatic rings. The third kappa shape index (κ3) is 6.93. The summed E-state index contributed by atoms with van der Waals surface area (Å²) in [6.07, 6.45) is -0.936. The summed E-state index contributed by atoms with van der Waals surface area (Å²) in [5.41, 5.74) is 1.13. The van der Waals surface area contributed by atoms with Crippen molar-refractivity contribution in [3.63, 3.8) is 0 Å². The maximum Gasteiger partial charge on any atom is 0.412 e. The van der Waals surface area contributed by atoms with E-state index in [0.717, 1.165) is 0 Å². The minimum atomic E-state index is -0.705. The number of rotatable bonds is 11. The second-order valence-electron chi connectivity index (χ2n) is 7.27. The second-order valence-corrected chi connectivity index (χ2v) is 7.59. The van der Waals surface area contributed by atoms with Crippen molar-refractivity contribution in [3.05, 3.63) is 48.0 Å². The van der Waals surface area contributed by atoms with Gasteiger partial charge >= 0.3 is 12.1 Å². The number of carbonyl (C=O) groups is 2. The van der Waals surface area contributed by atoms with Crippen molar-refractivity contribution >= 4 is 30.4 Å². The number of ether oxygens (including phenoxy) is 5. The Balaban J connectivity index is 1.74. The van der Waals surface area contributed by atoms with Crippen molar-refractivity contribution in [3.8, 4) is 17.2 Å². The van der Waals surface area contributed by atoms with E-state index in [2.05, 4.69) is 17.9 Å². The highest BCUT2D eigenvalue weighted by atomic mass is 32.1. The van der Waals surface area contributed by atoms with E-state index in [1.54, 1.807) is 42.5 Å². The van der Waals surface area contributed by atoms with E-state index < -0.39 is 18.2 Å². The molecule has 1 amide bonds. The molecule has 0 saturated carbocycles. The molecule has 9 nitrogen and oxygen atoms in total. The first kappa shape index (κ1) is 24.5. The van der Waals surface area contributed by atoms with Crippen molar-refractivity contribution in [2.24, 2.45) is 5.92 Å². The fourth-order valence-electron chi connectivity index (χ4n) is 3.28. The van der Waals surface area contributed by atoms with Crippen LogP contribution in [0.1, 0.15) is 25.0 Å². The highest BCUT2D eigenvalue weighted by Crippen LogP contribution is 2.36. The molecule has 178 valence electrons. The number of fused-ring (bicyclic) bond motifs is 1. The van der Waals surface area contributed by atoms with Crippen LogP contribution in [0.2, 0.25) is 0 Å².